The lowest BCUT2D eigenvalue weighted by Crippen LogP contribution is -1.66. The first-order valence-corrected chi connectivity index (χ1v) is 2.85. The van der Waals surface area contributed by atoms with Gasteiger partial charge in [0, 0.05) is 6.42 Å². The second-order valence-corrected chi connectivity index (χ2v) is 2.19. The van der Waals surface area contributed by atoms with E-state index < -0.39 is 0 Å². The molecule has 0 bridgehead atoms. The van der Waals surface area contributed by atoms with Gasteiger partial charge in [-0.25, -0.2) is 0 Å². The van der Waals surface area contributed by atoms with Crippen LogP contribution in [0.4, 0.5) is 0 Å². The Kier molecular flexibility index (Phi) is 4.10. The lowest BCUT2D eigenvalue weighted by molar-refractivity contribution is 1.29. The summed E-state index contributed by atoms with van der Waals surface area (Å²) in [6, 6.07) is 0. The van der Waals surface area contributed by atoms with Crippen LogP contribution < -0.4 is 0 Å². The highest BCUT2D eigenvalue weighted by molar-refractivity contribution is 9.11. The van der Waals surface area contributed by atoms with E-state index in [0.29, 0.717) is 0 Å². The first kappa shape index (κ1) is 6.96. The molecule has 0 amide bonds. The molecule has 1 heteroatoms. The summed E-state index contributed by atoms with van der Waals surface area (Å²) in [6.45, 7) is 7.15. The average molecular weight is 160 g/mol. The molecule has 0 aliphatic rings. The lowest BCUT2D eigenvalue weighted by atomic mass is 10.3. The molecule has 0 aromatic heterocycles. The van der Waals surface area contributed by atoms with Crippen molar-refractivity contribution in [2.24, 2.45) is 0 Å². The van der Waals surface area contributed by atoms with Gasteiger partial charge < -0.3 is 0 Å². The molecule has 39 valence electrons. The predicted octanol–water partition coefficient (Wildman–Crippen LogP) is 2.68. The maximum absolute atomic E-state index is 3.61. The molecule has 0 fully saturated rings. The number of halogens is 1. The maximum atomic E-state index is 3.61. The van der Waals surface area contributed by atoms with Crippen molar-refractivity contribution in [1.82, 2.24) is 0 Å². The Hall–Kier alpha value is -0.0400. The topological polar surface area (TPSA) is 0 Å². The van der Waals surface area contributed by atoms with Crippen LogP contribution in [0.1, 0.15) is 6.42 Å². The first-order chi connectivity index (χ1) is 3.27. The van der Waals surface area contributed by atoms with Gasteiger partial charge in [-0.1, -0.05) is 28.6 Å². The second kappa shape index (κ2) is 4.13. The van der Waals surface area contributed by atoms with Crippen LogP contribution in [-0.2, 0) is 0 Å². The van der Waals surface area contributed by atoms with Gasteiger partial charge in [0.1, 0.15) is 0 Å². The third kappa shape index (κ3) is 5.96. The average Bonchev–Trinajstić information content (AvgIpc) is 1.61. The zero-order valence-electron chi connectivity index (χ0n) is 4.15. The molecule has 0 aliphatic heterocycles. The van der Waals surface area contributed by atoms with Gasteiger partial charge in [-0.15, -0.1) is 6.58 Å². The molecular weight excluding hydrogens is 152 g/mol. The molecule has 0 aromatic carbocycles. The van der Waals surface area contributed by atoms with E-state index >= 15 is 0 Å². The number of allylic oxidation sites excluding steroid dienone is 2. The SMILES string of the molecule is C=CC[CH]C(=C)Br. The normalized spacial score (nSPS) is 8.14. The maximum Gasteiger partial charge on any atom is 0.000955 e. The highest BCUT2D eigenvalue weighted by atomic mass is 79.9. The van der Waals surface area contributed by atoms with Crippen molar-refractivity contribution in [3.8, 4) is 0 Å². The van der Waals surface area contributed by atoms with Crippen LogP contribution in [0.2, 0.25) is 0 Å². The van der Waals surface area contributed by atoms with Crippen molar-refractivity contribution in [2.75, 3.05) is 0 Å². The van der Waals surface area contributed by atoms with Gasteiger partial charge >= 0.3 is 0 Å². The lowest BCUT2D eigenvalue weighted by Gasteiger charge is -1.86. The molecule has 0 saturated heterocycles. The second-order valence-electron chi connectivity index (χ2n) is 1.18. The van der Waals surface area contributed by atoms with E-state index in [0.717, 1.165) is 10.9 Å². The summed E-state index contributed by atoms with van der Waals surface area (Å²) in [4.78, 5) is 0. The minimum Gasteiger partial charge on any atom is -0.103 e. The molecule has 0 heterocycles. The van der Waals surface area contributed by atoms with Crippen LogP contribution in [0.15, 0.2) is 23.7 Å². The zero-order chi connectivity index (χ0) is 5.70. The number of rotatable bonds is 3. The summed E-state index contributed by atoms with van der Waals surface area (Å²) in [7, 11) is 0. The fourth-order valence-corrected chi connectivity index (χ4v) is 0.398. The molecule has 0 nitrogen and oxygen atoms in total. The third-order valence-electron chi connectivity index (χ3n) is 0.506. The smallest absolute Gasteiger partial charge is 0.000955 e. The Morgan fingerprint density at radius 2 is 2.29 bits per heavy atom. The van der Waals surface area contributed by atoms with Crippen molar-refractivity contribution in [3.05, 3.63) is 30.1 Å². The van der Waals surface area contributed by atoms with E-state index in [1.807, 2.05) is 12.5 Å². The molecule has 0 aromatic rings. The van der Waals surface area contributed by atoms with Gasteiger partial charge in [-0.2, -0.15) is 0 Å². The first-order valence-electron chi connectivity index (χ1n) is 2.06. The zero-order valence-corrected chi connectivity index (χ0v) is 5.74. The van der Waals surface area contributed by atoms with Crippen molar-refractivity contribution >= 4 is 15.9 Å². The Bertz CT molecular complexity index is 74.2. The highest BCUT2D eigenvalue weighted by Gasteiger charge is 1.81. The summed E-state index contributed by atoms with van der Waals surface area (Å²) in [5.74, 6) is 0. The fourth-order valence-electron chi connectivity index (χ4n) is 0.211. The summed E-state index contributed by atoms with van der Waals surface area (Å²) >= 11 is 3.18. The van der Waals surface area contributed by atoms with Crippen molar-refractivity contribution in [1.29, 1.82) is 0 Å². The third-order valence-corrected chi connectivity index (χ3v) is 0.830. The Labute approximate surface area is 53.1 Å². The van der Waals surface area contributed by atoms with Gasteiger partial charge in [0.15, 0.2) is 0 Å². The van der Waals surface area contributed by atoms with E-state index in [-0.39, 0.29) is 0 Å². The highest BCUT2D eigenvalue weighted by Crippen LogP contribution is 2.06. The monoisotopic (exact) mass is 159 g/mol. The molecule has 0 aliphatic carbocycles. The Balaban J connectivity index is 2.97. The fraction of sp³-hybridized carbons (Fsp3) is 0.167. The van der Waals surface area contributed by atoms with E-state index in [1.165, 1.54) is 0 Å². The quantitative estimate of drug-likeness (QED) is 0.556. The van der Waals surface area contributed by atoms with Gasteiger partial charge in [0.2, 0.25) is 0 Å². The van der Waals surface area contributed by atoms with Gasteiger partial charge in [-0.3, -0.25) is 0 Å². The molecule has 0 saturated carbocycles. The minimum atomic E-state index is 0.893. The number of hydrogen-bond acceptors (Lipinski definition) is 0. The molecule has 0 unspecified atom stereocenters. The molecule has 1 radical (unpaired) electrons. The van der Waals surface area contributed by atoms with Crippen LogP contribution >= 0.6 is 15.9 Å². The van der Waals surface area contributed by atoms with E-state index in [2.05, 4.69) is 29.1 Å². The van der Waals surface area contributed by atoms with E-state index in [9.17, 15) is 0 Å². The Morgan fingerprint density at radius 1 is 1.71 bits per heavy atom. The van der Waals surface area contributed by atoms with Gasteiger partial charge in [0.05, 0.1) is 0 Å². The van der Waals surface area contributed by atoms with Crippen molar-refractivity contribution < 1.29 is 0 Å². The van der Waals surface area contributed by atoms with Gasteiger partial charge in [0.25, 0.3) is 0 Å². The van der Waals surface area contributed by atoms with Gasteiger partial charge in [-0.05, 0) is 10.9 Å². The van der Waals surface area contributed by atoms with Crippen molar-refractivity contribution in [2.45, 2.75) is 6.42 Å². The van der Waals surface area contributed by atoms with E-state index in [1.54, 1.807) is 0 Å². The number of hydrogen-bond donors (Lipinski definition) is 0. The van der Waals surface area contributed by atoms with Crippen LogP contribution in [0.25, 0.3) is 0 Å². The molecule has 0 N–H and O–H groups in total. The standard InChI is InChI=1S/C6H8Br/c1-3-4-5-6(2)7/h3,5H,1-2,4H2. The predicted molar refractivity (Wildman–Crippen MR) is 37.2 cm³/mol. The molecule has 0 rings (SSSR count). The summed E-state index contributed by atoms with van der Waals surface area (Å²) in [6.07, 6.45) is 4.67. The molecular formula is C6H8Br. The summed E-state index contributed by atoms with van der Waals surface area (Å²) in [5.41, 5.74) is 0. The summed E-state index contributed by atoms with van der Waals surface area (Å²) in [5, 5.41) is 0. The van der Waals surface area contributed by atoms with Crippen LogP contribution in [0.5, 0.6) is 0 Å². The Morgan fingerprint density at radius 3 is 2.43 bits per heavy atom. The van der Waals surface area contributed by atoms with Crippen LogP contribution in [0, 0.1) is 6.42 Å². The molecule has 7 heavy (non-hydrogen) atoms. The van der Waals surface area contributed by atoms with Crippen LogP contribution in [-0.4, -0.2) is 0 Å². The van der Waals surface area contributed by atoms with Crippen molar-refractivity contribution in [3.63, 3.8) is 0 Å². The van der Waals surface area contributed by atoms with E-state index in [4.69, 9.17) is 0 Å². The van der Waals surface area contributed by atoms with Crippen LogP contribution in [0.3, 0.4) is 0 Å². The summed E-state index contributed by atoms with van der Waals surface area (Å²) < 4.78 is 0.924. The minimum absolute atomic E-state index is 0.893. The molecule has 0 spiro atoms. The molecule has 0 atom stereocenters. The largest absolute Gasteiger partial charge is 0.103 e.